The number of hydrogen-bond donors (Lipinski definition) is 1. The molecule has 0 fully saturated rings. The Balaban J connectivity index is 2.54. The first-order chi connectivity index (χ1) is 7.63. The molecule has 0 aliphatic heterocycles. The summed E-state index contributed by atoms with van der Waals surface area (Å²) in [7, 11) is 0. The molecule has 0 radical (unpaired) electrons. The summed E-state index contributed by atoms with van der Waals surface area (Å²) in [4.78, 5) is 3.22. The van der Waals surface area contributed by atoms with Crippen molar-refractivity contribution in [2.24, 2.45) is 5.92 Å². The van der Waals surface area contributed by atoms with Crippen LogP contribution in [0.3, 0.4) is 0 Å². The topological polar surface area (TPSA) is 39.6 Å². The minimum Gasteiger partial charge on any atom is -0.361 e. The Morgan fingerprint density at radius 2 is 2.06 bits per heavy atom. The second kappa shape index (κ2) is 4.02. The van der Waals surface area contributed by atoms with Gasteiger partial charge in [0.15, 0.2) is 0 Å². The highest BCUT2D eigenvalue weighted by Gasteiger charge is 2.15. The predicted octanol–water partition coefficient (Wildman–Crippen LogP) is 3.74. The maximum atomic E-state index is 9.18. The van der Waals surface area contributed by atoms with Crippen LogP contribution in [0.5, 0.6) is 0 Å². The highest BCUT2D eigenvalue weighted by Crippen LogP contribution is 2.27. The smallest absolute Gasteiger partial charge is 0.0735 e. The molecule has 82 valence electrons. The zero-order valence-corrected chi connectivity index (χ0v) is 9.91. The van der Waals surface area contributed by atoms with E-state index in [1.807, 2.05) is 12.3 Å². The molecule has 0 bridgehead atoms. The Morgan fingerprint density at radius 3 is 2.69 bits per heavy atom. The third kappa shape index (κ3) is 1.69. The monoisotopic (exact) mass is 212 g/mol. The van der Waals surface area contributed by atoms with Crippen LogP contribution in [-0.4, -0.2) is 4.98 Å². The molecule has 1 aromatic heterocycles. The molecule has 0 saturated heterocycles. The molecule has 2 heteroatoms. The maximum Gasteiger partial charge on any atom is 0.0735 e. The fourth-order valence-electron chi connectivity index (χ4n) is 2.08. The second-order valence-corrected chi connectivity index (χ2v) is 4.63. The summed E-state index contributed by atoms with van der Waals surface area (Å²) in [6.07, 6.45) is 2.01. The molecule has 0 aliphatic carbocycles. The van der Waals surface area contributed by atoms with Crippen molar-refractivity contribution in [3.8, 4) is 6.07 Å². The molecule has 0 spiro atoms. The first-order valence-corrected chi connectivity index (χ1v) is 5.60. The van der Waals surface area contributed by atoms with Gasteiger partial charge in [-0.3, -0.25) is 0 Å². The molecule has 1 N–H and O–H groups in total. The van der Waals surface area contributed by atoms with Gasteiger partial charge < -0.3 is 4.98 Å². The van der Waals surface area contributed by atoms with Crippen LogP contribution in [0.4, 0.5) is 0 Å². The number of rotatable bonds is 2. The first-order valence-electron chi connectivity index (χ1n) is 5.60. The third-order valence-electron chi connectivity index (χ3n) is 3.08. The van der Waals surface area contributed by atoms with Crippen LogP contribution >= 0.6 is 0 Å². The molecule has 0 saturated carbocycles. The Morgan fingerprint density at radius 1 is 1.31 bits per heavy atom. The largest absolute Gasteiger partial charge is 0.361 e. The van der Waals surface area contributed by atoms with Gasteiger partial charge in [0, 0.05) is 17.1 Å². The SMILES string of the molecule is Cc1c[nH]c2ccc(C(C#N)C(C)C)cc12. The second-order valence-electron chi connectivity index (χ2n) is 4.63. The van der Waals surface area contributed by atoms with Gasteiger partial charge in [0.05, 0.1) is 12.0 Å². The van der Waals surface area contributed by atoms with Crippen LogP contribution in [0, 0.1) is 24.2 Å². The van der Waals surface area contributed by atoms with Crippen LogP contribution in [-0.2, 0) is 0 Å². The van der Waals surface area contributed by atoms with Gasteiger partial charge in [-0.2, -0.15) is 5.26 Å². The lowest BCUT2D eigenvalue weighted by molar-refractivity contribution is 0.588. The van der Waals surface area contributed by atoms with E-state index < -0.39 is 0 Å². The number of hydrogen-bond acceptors (Lipinski definition) is 1. The van der Waals surface area contributed by atoms with E-state index in [0.29, 0.717) is 5.92 Å². The number of fused-ring (bicyclic) bond motifs is 1. The first kappa shape index (κ1) is 10.8. The molecule has 2 aromatic rings. The number of aryl methyl sites for hydroxylation is 1. The highest BCUT2D eigenvalue weighted by atomic mass is 14.7. The molecule has 0 aliphatic rings. The molecule has 1 unspecified atom stereocenters. The van der Waals surface area contributed by atoms with Crippen molar-refractivity contribution < 1.29 is 0 Å². The fraction of sp³-hybridized carbons (Fsp3) is 0.357. The van der Waals surface area contributed by atoms with Gasteiger partial charge in [-0.05, 0) is 36.1 Å². The Labute approximate surface area is 95.9 Å². The summed E-state index contributed by atoms with van der Waals surface area (Å²) in [5, 5.41) is 10.4. The summed E-state index contributed by atoms with van der Waals surface area (Å²) in [6, 6.07) is 8.63. The van der Waals surface area contributed by atoms with E-state index in [9.17, 15) is 5.26 Å². The lowest BCUT2D eigenvalue weighted by atomic mass is 9.89. The maximum absolute atomic E-state index is 9.18. The van der Waals surface area contributed by atoms with Crippen molar-refractivity contribution in [3.63, 3.8) is 0 Å². The van der Waals surface area contributed by atoms with Crippen molar-refractivity contribution in [2.45, 2.75) is 26.7 Å². The van der Waals surface area contributed by atoms with Gasteiger partial charge in [-0.25, -0.2) is 0 Å². The van der Waals surface area contributed by atoms with Crippen molar-refractivity contribution in [2.75, 3.05) is 0 Å². The van der Waals surface area contributed by atoms with Gasteiger partial charge in [0.1, 0.15) is 0 Å². The van der Waals surface area contributed by atoms with Crippen LogP contribution in [0.2, 0.25) is 0 Å². The average molecular weight is 212 g/mol. The highest BCUT2D eigenvalue weighted by molar-refractivity contribution is 5.83. The lowest BCUT2D eigenvalue weighted by Crippen LogP contribution is -2.03. The van der Waals surface area contributed by atoms with Gasteiger partial charge in [0.25, 0.3) is 0 Å². The molecule has 1 aromatic carbocycles. The molecular formula is C14H16N2. The molecule has 1 atom stereocenters. The Kier molecular flexibility index (Phi) is 2.70. The Bertz CT molecular complexity index is 543. The quantitative estimate of drug-likeness (QED) is 0.809. The minimum atomic E-state index is -0.0151. The van der Waals surface area contributed by atoms with Crippen molar-refractivity contribution >= 4 is 10.9 Å². The van der Waals surface area contributed by atoms with E-state index in [0.717, 1.165) is 11.1 Å². The number of aromatic nitrogens is 1. The zero-order valence-electron chi connectivity index (χ0n) is 9.91. The Hall–Kier alpha value is -1.75. The molecule has 16 heavy (non-hydrogen) atoms. The summed E-state index contributed by atoms with van der Waals surface area (Å²) >= 11 is 0. The van der Waals surface area contributed by atoms with Crippen LogP contribution in [0.25, 0.3) is 10.9 Å². The van der Waals surface area contributed by atoms with Crippen molar-refractivity contribution in [3.05, 3.63) is 35.5 Å². The normalized spacial score (nSPS) is 12.9. The van der Waals surface area contributed by atoms with Crippen molar-refractivity contribution in [1.29, 1.82) is 5.26 Å². The minimum absolute atomic E-state index is 0.0151. The number of H-pyrrole nitrogens is 1. The lowest BCUT2D eigenvalue weighted by Gasteiger charge is -2.13. The average Bonchev–Trinajstić information content (AvgIpc) is 2.61. The summed E-state index contributed by atoms with van der Waals surface area (Å²) in [6.45, 7) is 6.25. The number of nitrogens with one attached hydrogen (secondary N) is 1. The van der Waals surface area contributed by atoms with Gasteiger partial charge >= 0.3 is 0 Å². The van der Waals surface area contributed by atoms with E-state index >= 15 is 0 Å². The molecule has 2 rings (SSSR count). The van der Waals surface area contributed by atoms with Crippen LogP contribution in [0.1, 0.15) is 30.9 Å². The van der Waals surface area contributed by atoms with Gasteiger partial charge in [-0.15, -0.1) is 0 Å². The van der Waals surface area contributed by atoms with E-state index in [-0.39, 0.29) is 5.92 Å². The number of nitrogens with zero attached hydrogens (tertiary/aromatic N) is 1. The summed E-state index contributed by atoms with van der Waals surface area (Å²) < 4.78 is 0. The number of aromatic amines is 1. The number of nitriles is 1. The van der Waals surface area contributed by atoms with Crippen LogP contribution in [0.15, 0.2) is 24.4 Å². The predicted molar refractivity (Wildman–Crippen MR) is 66.2 cm³/mol. The van der Waals surface area contributed by atoms with Gasteiger partial charge in [0.2, 0.25) is 0 Å². The molecule has 2 nitrogen and oxygen atoms in total. The van der Waals surface area contributed by atoms with Crippen LogP contribution < -0.4 is 0 Å². The third-order valence-corrected chi connectivity index (χ3v) is 3.08. The molecule has 1 heterocycles. The van der Waals surface area contributed by atoms with Gasteiger partial charge in [-0.1, -0.05) is 19.9 Å². The fourth-order valence-corrected chi connectivity index (χ4v) is 2.08. The van der Waals surface area contributed by atoms with E-state index in [4.69, 9.17) is 0 Å². The molecule has 0 amide bonds. The number of benzene rings is 1. The summed E-state index contributed by atoms with van der Waals surface area (Å²) in [5.74, 6) is 0.334. The molecular weight excluding hydrogens is 196 g/mol. The van der Waals surface area contributed by atoms with E-state index in [1.165, 1.54) is 10.9 Å². The standard InChI is InChI=1S/C14H16N2/c1-9(2)13(7-15)11-4-5-14-12(6-11)10(3)8-16-14/h4-6,8-9,13,16H,1-3H3. The van der Waals surface area contributed by atoms with E-state index in [1.54, 1.807) is 0 Å². The van der Waals surface area contributed by atoms with E-state index in [2.05, 4.69) is 44.0 Å². The van der Waals surface area contributed by atoms with Crippen molar-refractivity contribution in [1.82, 2.24) is 4.98 Å². The summed E-state index contributed by atoms with van der Waals surface area (Å²) in [5.41, 5.74) is 3.49. The zero-order chi connectivity index (χ0) is 11.7.